The Balaban J connectivity index is 1.61. The van der Waals surface area contributed by atoms with Gasteiger partial charge < -0.3 is 25.2 Å². The molecule has 0 radical (unpaired) electrons. The van der Waals surface area contributed by atoms with Gasteiger partial charge in [-0.05, 0) is 18.6 Å². The highest BCUT2D eigenvalue weighted by atomic mass is 35.5. The highest BCUT2D eigenvalue weighted by Gasteiger charge is 2.12. The molecule has 158 valence electrons. The van der Waals surface area contributed by atoms with E-state index in [4.69, 9.17) is 21.1 Å². The van der Waals surface area contributed by atoms with Crippen molar-refractivity contribution in [2.75, 3.05) is 26.8 Å². The number of rotatable bonds is 11. The maximum atomic E-state index is 13.3. The lowest BCUT2D eigenvalue weighted by Gasteiger charge is -2.13. The third kappa shape index (κ3) is 7.94. The van der Waals surface area contributed by atoms with Gasteiger partial charge in [-0.25, -0.2) is 9.37 Å². The molecule has 0 aliphatic rings. The molecule has 0 aliphatic carbocycles. The highest BCUT2D eigenvalue weighted by molar-refractivity contribution is 7.09. The Kier molecular flexibility index (Phi) is 9.26. The number of ether oxygens (including phenoxy) is 2. The summed E-state index contributed by atoms with van der Waals surface area (Å²) in [5.41, 5.74) is 0.292. The fourth-order valence-electron chi connectivity index (χ4n) is 2.15. The number of carbonyl (C=O) groups is 2. The van der Waals surface area contributed by atoms with Gasteiger partial charge >= 0.3 is 0 Å². The molecule has 1 aromatic carbocycles. The van der Waals surface area contributed by atoms with Gasteiger partial charge in [-0.15, -0.1) is 11.3 Å². The van der Waals surface area contributed by atoms with Crippen molar-refractivity contribution in [3.8, 4) is 5.75 Å². The Hall–Kier alpha value is -2.27. The Labute approximate surface area is 176 Å². The number of hydrogen-bond donors (Lipinski definition) is 3. The van der Waals surface area contributed by atoms with Crippen molar-refractivity contribution in [3.05, 3.63) is 45.1 Å². The van der Waals surface area contributed by atoms with Gasteiger partial charge in [0.05, 0.1) is 17.7 Å². The molecule has 1 unspecified atom stereocenters. The minimum Gasteiger partial charge on any atom is -0.484 e. The fraction of sp³-hybridized carbons (Fsp3) is 0.389. The number of thiazole rings is 1. The average Bonchev–Trinajstić information content (AvgIpc) is 3.16. The van der Waals surface area contributed by atoms with Crippen LogP contribution in [-0.4, -0.2) is 54.8 Å². The standard InChI is InChI=1S/C18H21ClFN3O5S/c1-27-9-17-23-15(10-29-17)18(26)21-5-4-11(24)7-22-16(25)8-28-12-2-3-13(19)14(20)6-12/h2-3,6,10-11,24H,4-5,7-9H2,1H3,(H,21,26)(H,22,25). The number of aliphatic hydroxyl groups is 1. The van der Waals surface area contributed by atoms with Crippen molar-refractivity contribution in [1.29, 1.82) is 0 Å². The lowest BCUT2D eigenvalue weighted by atomic mass is 10.2. The summed E-state index contributed by atoms with van der Waals surface area (Å²) in [4.78, 5) is 27.8. The van der Waals surface area contributed by atoms with Gasteiger partial charge in [0.1, 0.15) is 22.3 Å². The largest absolute Gasteiger partial charge is 0.484 e. The van der Waals surface area contributed by atoms with Crippen molar-refractivity contribution in [2.24, 2.45) is 0 Å². The smallest absolute Gasteiger partial charge is 0.270 e. The van der Waals surface area contributed by atoms with Crippen LogP contribution in [0.3, 0.4) is 0 Å². The topological polar surface area (TPSA) is 110 Å². The van der Waals surface area contributed by atoms with E-state index in [-0.39, 0.29) is 42.8 Å². The van der Waals surface area contributed by atoms with Crippen LogP contribution >= 0.6 is 22.9 Å². The molecule has 1 heterocycles. The summed E-state index contributed by atoms with van der Waals surface area (Å²) in [5, 5.41) is 17.3. The Morgan fingerprint density at radius 1 is 1.38 bits per heavy atom. The molecule has 1 atom stereocenters. The number of benzene rings is 1. The van der Waals surface area contributed by atoms with E-state index in [1.54, 1.807) is 12.5 Å². The van der Waals surface area contributed by atoms with Crippen molar-refractivity contribution >= 4 is 34.8 Å². The number of nitrogens with zero attached hydrogens (tertiary/aromatic N) is 1. The molecule has 0 bridgehead atoms. The highest BCUT2D eigenvalue weighted by Crippen LogP contribution is 2.20. The molecule has 0 spiro atoms. The van der Waals surface area contributed by atoms with E-state index in [0.717, 1.165) is 6.07 Å². The molecule has 0 aliphatic heterocycles. The van der Waals surface area contributed by atoms with Gasteiger partial charge in [0.25, 0.3) is 11.8 Å². The summed E-state index contributed by atoms with van der Waals surface area (Å²) >= 11 is 6.89. The maximum absolute atomic E-state index is 13.3. The molecular weight excluding hydrogens is 425 g/mol. The summed E-state index contributed by atoms with van der Waals surface area (Å²) in [6.45, 7) is 0.209. The number of aromatic nitrogens is 1. The SMILES string of the molecule is COCc1nc(C(=O)NCCC(O)CNC(=O)COc2ccc(Cl)c(F)c2)cs1. The van der Waals surface area contributed by atoms with Crippen LogP contribution in [0.4, 0.5) is 4.39 Å². The van der Waals surface area contributed by atoms with E-state index in [1.165, 1.54) is 23.5 Å². The molecule has 29 heavy (non-hydrogen) atoms. The van der Waals surface area contributed by atoms with Crippen molar-refractivity contribution in [1.82, 2.24) is 15.6 Å². The van der Waals surface area contributed by atoms with Gasteiger partial charge in [-0.2, -0.15) is 0 Å². The number of amides is 2. The van der Waals surface area contributed by atoms with E-state index in [0.29, 0.717) is 17.3 Å². The van der Waals surface area contributed by atoms with Crippen LogP contribution in [0.5, 0.6) is 5.75 Å². The van der Waals surface area contributed by atoms with Crippen molar-refractivity contribution in [3.63, 3.8) is 0 Å². The zero-order valence-corrected chi connectivity index (χ0v) is 17.2. The summed E-state index contributed by atoms with van der Waals surface area (Å²) < 4.78 is 23.4. The van der Waals surface area contributed by atoms with E-state index in [2.05, 4.69) is 15.6 Å². The van der Waals surface area contributed by atoms with Crippen LogP contribution in [-0.2, 0) is 16.1 Å². The molecule has 2 rings (SSSR count). The van der Waals surface area contributed by atoms with Crippen LogP contribution in [0.2, 0.25) is 5.02 Å². The van der Waals surface area contributed by atoms with E-state index in [9.17, 15) is 19.1 Å². The predicted octanol–water partition coefficient (Wildman–Crippen LogP) is 1.76. The number of halogens is 2. The second-order valence-electron chi connectivity index (χ2n) is 5.93. The summed E-state index contributed by atoms with van der Waals surface area (Å²) in [5.74, 6) is -1.30. The van der Waals surface area contributed by atoms with Crippen LogP contribution in [0.25, 0.3) is 0 Å². The number of nitrogens with one attached hydrogen (secondary N) is 2. The molecule has 3 N–H and O–H groups in total. The summed E-state index contributed by atoms with van der Waals surface area (Å²) in [6.07, 6.45) is -0.614. The predicted molar refractivity (Wildman–Crippen MR) is 106 cm³/mol. The average molecular weight is 446 g/mol. The van der Waals surface area contributed by atoms with Crippen LogP contribution in [0, 0.1) is 5.82 Å². The first-order valence-corrected chi connectivity index (χ1v) is 9.89. The van der Waals surface area contributed by atoms with Crippen molar-refractivity contribution < 1.29 is 28.6 Å². The van der Waals surface area contributed by atoms with Gasteiger partial charge in [-0.1, -0.05) is 11.6 Å². The monoisotopic (exact) mass is 445 g/mol. The second-order valence-corrected chi connectivity index (χ2v) is 7.28. The molecule has 2 amide bonds. The normalized spacial score (nSPS) is 11.7. The lowest BCUT2D eigenvalue weighted by Crippen LogP contribution is -2.37. The molecule has 0 saturated heterocycles. The van der Waals surface area contributed by atoms with E-state index >= 15 is 0 Å². The molecular formula is C18H21ClFN3O5S. The molecule has 11 heteroatoms. The number of aliphatic hydroxyl groups excluding tert-OH is 1. The first-order chi connectivity index (χ1) is 13.9. The minimum atomic E-state index is -0.855. The zero-order chi connectivity index (χ0) is 21.2. The zero-order valence-electron chi connectivity index (χ0n) is 15.6. The van der Waals surface area contributed by atoms with Gasteiger partial charge in [0, 0.05) is 31.6 Å². The maximum Gasteiger partial charge on any atom is 0.270 e. The first kappa shape index (κ1) is 23.0. The second kappa shape index (κ2) is 11.7. The third-order valence-electron chi connectivity index (χ3n) is 3.61. The molecule has 8 nitrogen and oxygen atoms in total. The molecule has 2 aromatic rings. The third-order valence-corrected chi connectivity index (χ3v) is 4.74. The summed E-state index contributed by atoms with van der Waals surface area (Å²) in [7, 11) is 1.55. The van der Waals surface area contributed by atoms with Gasteiger partial charge in [0.2, 0.25) is 0 Å². The number of methoxy groups -OCH3 is 1. The first-order valence-electron chi connectivity index (χ1n) is 8.63. The summed E-state index contributed by atoms with van der Waals surface area (Å²) in [6, 6.07) is 3.84. The van der Waals surface area contributed by atoms with Crippen molar-refractivity contribution in [2.45, 2.75) is 19.1 Å². The van der Waals surface area contributed by atoms with E-state index < -0.39 is 17.8 Å². The molecule has 0 saturated carbocycles. The van der Waals surface area contributed by atoms with Crippen LogP contribution in [0.15, 0.2) is 23.6 Å². The minimum absolute atomic E-state index is 0.0122. The Morgan fingerprint density at radius 3 is 2.90 bits per heavy atom. The molecule has 1 aromatic heterocycles. The van der Waals surface area contributed by atoms with Gasteiger partial charge in [-0.3, -0.25) is 9.59 Å². The number of hydrogen-bond acceptors (Lipinski definition) is 7. The number of carbonyl (C=O) groups excluding carboxylic acids is 2. The molecule has 0 fully saturated rings. The lowest BCUT2D eigenvalue weighted by molar-refractivity contribution is -0.123. The van der Waals surface area contributed by atoms with Crippen LogP contribution < -0.4 is 15.4 Å². The fourth-order valence-corrected chi connectivity index (χ4v) is 3.01. The quantitative estimate of drug-likeness (QED) is 0.486. The van der Waals surface area contributed by atoms with Crippen LogP contribution in [0.1, 0.15) is 21.9 Å². The Morgan fingerprint density at radius 2 is 2.17 bits per heavy atom. The Bertz CT molecular complexity index is 836. The van der Waals surface area contributed by atoms with Gasteiger partial charge in [0.15, 0.2) is 6.61 Å². The van der Waals surface area contributed by atoms with E-state index in [1.807, 2.05) is 0 Å².